The second kappa shape index (κ2) is 18.6. The molecule has 0 radical (unpaired) electrons. The summed E-state index contributed by atoms with van der Waals surface area (Å²) in [4.78, 5) is 17.0. The first-order valence-corrected chi connectivity index (χ1v) is 16.8. The molecule has 1 atom stereocenters. The molecule has 1 unspecified atom stereocenters. The number of hydrogen-bond donors (Lipinski definition) is 2. The molecule has 0 fully saturated rings. The highest BCUT2D eigenvalue weighted by Gasteiger charge is 2.32. The van der Waals surface area contributed by atoms with Gasteiger partial charge in [-0.05, 0) is 63.6 Å². The van der Waals surface area contributed by atoms with Crippen molar-refractivity contribution in [2.24, 2.45) is 5.92 Å². The zero-order valence-electron chi connectivity index (χ0n) is 18.9. The summed E-state index contributed by atoms with van der Waals surface area (Å²) in [6.07, 6.45) is 4.07. The van der Waals surface area contributed by atoms with Crippen LogP contribution in [0.25, 0.3) is 0 Å². The highest BCUT2D eigenvalue weighted by Crippen LogP contribution is 2.66. The molecule has 14 heteroatoms. The van der Waals surface area contributed by atoms with Crippen molar-refractivity contribution in [2.75, 3.05) is 33.0 Å². The number of phosphoric acid groups is 1. The molecule has 0 aliphatic carbocycles. The fourth-order valence-electron chi connectivity index (χ4n) is 2.02. The standard InChI is InChI=1S/C8H20O5P2S2.C8H19O4P/c1-5-9-14(16,10-6-2)13-15(17,11-7-3)12-8-4;1-3-5-6-8(4-2)7-12-13(9,10)11/h5-8H2,1-4H3;8H,3-7H2,1-2H3,(H2,9,10,11). The molecule has 0 amide bonds. The predicted octanol–water partition coefficient (Wildman–Crippen LogP) is 5.91. The first-order valence-electron chi connectivity index (χ1n) is 10.1. The summed E-state index contributed by atoms with van der Waals surface area (Å²) in [6.45, 7) is 7.35. The molecule has 0 saturated carbocycles. The first kappa shape index (κ1) is 33.4. The molecule has 0 aromatic carbocycles. The number of rotatable bonds is 17. The van der Waals surface area contributed by atoms with Crippen LogP contribution in [-0.2, 0) is 55.1 Å². The van der Waals surface area contributed by atoms with E-state index in [2.05, 4.69) is 11.4 Å². The van der Waals surface area contributed by atoms with Gasteiger partial charge in [0.25, 0.3) is 0 Å². The van der Waals surface area contributed by atoms with Crippen molar-refractivity contribution >= 4 is 44.9 Å². The Bertz CT molecular complexity index is 512. The van der Waals surface area contributed by atoms with Crippen LogP contribution in [0.4, 0.5) is 0 Å². The normalized spacial score (nSPS) is 13.6. The van der Waals surface area contributed by atoms with Crippen LogP contribution < -0.4 is 0 Å². The largest absolute Gasteiger partial charge is 0.469 e. The first-order chi connectivity index (χ1) is 13.9. The Hall–Kier alpha value is 1.21. The maximum atomic E-state index is 10.4. The molecule has 9 nitrogen and oxygen atoms in total. The summed E-state index contributed by atoms with van der Waals surface area (Å²) in [6, 6.07) is 0. The fourth-order valence-corrected chi connectivity index (χ4v) is 8.80. The molecule has 0 aliphatic heterocycles. The maximum absolute atomic E-state index is 10.4. The molecule has 0 saturated heterocycles. The number of unbranched alkanes of at least 4 members (excludes halogenated alkanes) is 1. The summed E-state index contributed by atoms with van der Waals surface area (Å²) < 4.78 is 41.8. The van der Waals surface area contributed by atoms with Crippen molar-refractivity contribution < 1.29 is 41.3 Å². The molecule has 0 rings (SSSR count). The van der Waals surface area contributed by atoms with Crippen LogP contribution in [0, 0.1) is 5.92 Å². The van der Waals surface area contributed by atoms with Gasteiger partial charge in [-0.2, -0.15) is 0 Å². The summed E-state index contributed by atoms with van der Waals surface area (Å²) >= 11 is 10.4. The Morgan fingerprint density at radius 2 is 1.17 bits per heavy atom. The minimum atomic E-state index is -4.26. The summed E-state index contributed by atoms with van der Waals surface area (Å²) in [7, 11) is -4.26. The van der Waals surface area contributed by atoms with E-state index in [0.717, 1.165) is 25.7 Å². The highest BCUT2D eigenvalue weighted by atomic mass is 32.5. The Balaban J connectivity index is 0. The Morgan fingerprint density at radius 1 is 0.767 bits per heavy atom. The van der Waals surface area contributed by atoms with Crippen LogP contribution in [0.3, 0.4) is 0 Å². The lowest BCUT2D eigenvalue weighted by Gasteiger charge is -2.27. The van der Waals surface area contributed by atoms with Crippen molar-refractivity contribution in [3.05, 3.63) is 0 Å². The molecular formula is C16H39O9P3S2. The average Bonchev–Trinajstić information content (AvgIpc) is 2.62. The quantitative estimate of drug-likeness (QED) is 0.218. The van der Waals surface area contributed by atoms with E-state index in [-0.39, 0.29) is 12.5 Å². The van der Waals surface area contributed by atoms with Crippen LogP contribution in [0.2, 0.25) is 0 Å². The van der Waals surface area contributed by atoms with E-state index in [9.17, 15) is 4.57 Å². The van der Waals surface area contributed by atoms with Gasteiger partial charge in [-0.1, -0.05) is 33.1 Å². The summed E-state index contributed by atoms with van der Waals surface area (Å²) in [5.74, 6) is 0.271. The van der Waals surface area contributed by atoms with E-state index in [0.29, 0.717) is 26.4 Å². The van der Waals surface area contributed by atoms with Gasteiger partial charge in [-0.25, -0.2) is 8.88 Å². The third-order valence-corrected chi connectivity index (χ3v) is 10.2. The van der Waals surface area contributed by atoms with E-state index in [1.54, 1.807) is 0 Å². The molecule has 0 aromatic rings. The molecule has 0 spiro atoms. The minimum Gasteiger partial charge on any atom is -0.309 e. The molecule has 2 N–H and O–H groups in total. The minimum absolute atomic E-state index is 0.167. The molecule has 0 bridgehead atoms. The lowest BCUT2D eigenvalue weighted by Crippen LogP contribution is -2.07. The van der Waals surface area contributed by atoms with Gasteiger partial charge >= 0.3 is 21.3 Å². The van der Waals surface area contributed by atoms with Crippen molar-refractivity contribution in [2.45, 2.75) is 67.2 Å². The van der Waals surface area contributed by atoms with Gasteiger partial charge < -0.3 is 27.9 Å². The molecule has 0 heterocycles. The number of hydrogen-bond acceptors (Lipinski definition) is 9. The Morgan fingerprint density at radius 3 is 1.43 bits per heavy atom. The molecular weight excluding hydrogens is 493 g/mol. The lowest BCUT2D eigenvalue weighted by molar-refractivity contribution is 0.161. The molecule has 184 valence electrons. The van der Waals surface area contributed by atoms with E-state index >= 15 is 0 Å². The van der Waals surface area contributed by atoms with E-state index < -0.39 is 21.3 Å². The van der Waals surface area contributed by atoms with Crippen LogP contribution in [0.1, 0.15) is 67.2 Å². The third kappa shape index (κ3) is 18.8. The number of phosphoric ester groups is 1. The molecule has 30 heavy (non-hydrogen) atoms. The van der Waals surface area contributed by atoms with Gasteiger partial charge in [0.2, 0.25) is 0 Å². The SMILES string of the molecule is CCCCC(CC)COP(=O)(O)O.CCOP(=S)(OCC)OP(=S)(OCC)OCC. The van der Waals surface area contributed by atoms with Crippen molar-refractivity contribution in [1.29, 1.82) is 0 Å². The van der Waals surface area contributed by atoms with Crippen LogP contribution in [-0.4, -0.2) is 42.8 Å². The van der Waals surface area contributed by atoms with E-state index in [1.807, 2.05) is 34.6 Å². The van der Waals surface area contributed by atoms with Gasteiger partial charge in [0.1, 0.15) is 0 Å². The van der Waals surface area contributed by atoms with E-state index in [1.165, 1.54) is 0 Å². The van der Waals surface area contributed by atoms with Crippen molar-refractivity contribution in [1.82, 2.24) is 0 Å². The van der Waals surface area contributed by atoms with Gasteiger partial charge in [-0.15, -0.1) is 0 Å². The smallest absolute Gasteiger partial charge is 0.309 e. The Kier molecular flexibility index (Phi) is 20.7. The van der Waals surface area contributed by atoms with E-state index in [4.69, 9.17) is 55.8 Å². The van der Waals surface area contributed by atoms with Crippen LogP contribution >= 0.6 is 21.3 Å². The Labute approximate surface area is 192 Å². The summed E-state index contributed by atoms with van der Waals surface area (Å²) in [5.41, 5.74) is 0. The zero-order chi connectivity index (χ0) is 23.7. The third-order valence-electron chi connectivity index (χ3n) is 3.37. The highest BCUT2D eigenvalue weighted by molar-refractivity contribution is 8.14. The fraction of sp³-hybridized carbons (Fsp3) is 1.00. The average molecular weight is 533 g/mol. The zero-order valence-corrected chi connectivity index (χ0v) is 23.2. The monoisotopic (exact) mass is 532 g/mol. The topological polar surface area (TPSA) is 113 Å². The lowest BCUT2D eigenvalue weighted by atomic mass is 10.0. The second-order valence-electron chi connectivity index (χ2n) is 5.85. The predicted molar refractivity (Wildman–Crippen MR) is 127 cm³/mol. The van der Waals surface area contributed by atoms with Crippen molar-refractivity contribution in [3.8, 4) is 0 Å². The molecule has 0 aromatic heterocycles. The van der Waals surface area contributed by atoms with Crippen LogP contribution in [0.5, 0.6) is 0 Å². The summed E-state index contributed by atoms with van der Waals surface area (Å²) in [5, 5.41) is 0. The van der Waals surface area contributed by atoms with Crippen molar-refractivity contribution in [3.63, 3.8) is 0 Å². The second-order valence-corrected chi connectivity index (χ2v) is 13.2. The molecule has 0 aliphatic rings. The van der Waals surface area contributed by atoms with Gasteiger partial charge in [-0.3, -0.25) is 4.52 Å². The van der Waals surface area contributed by atoms with Gasteiger partial charge in [0.15, 0.2) is 0 Å². The van der Waals surface area contributed by atoms with Gasteiger partial charge in [0, 0.05) is 0 Å². The maximum Gasteiger partial charge on any atom is 0.469 e. The van der Waals surface area contributed by atoms with Gasteiger partial charge in [0.05, 0.1) is 33.0 Å². The van der Waals surface area contributed by atoms with Crippen LogP contribution in [0.15, 0.2) is 0 Å².